The number of hydrogen-bond acceptors (Lipinski definition) is 3. The summed E-state index contributed by atoms with van der Waals surface area (Å²) >= 11 is 3.34. The molecule has 0 aliphatic heterocycles. The van der Waals surface area contributed by atoms with Crippen LogP contribution in [0.5, 0.6) is 0 Å². The Morgan fingerprint density at radius 1 is 1.47 bits per heavy atom. The molecular formula is C13H12BrNO4. The van der Waals surface area contributed by atoms with Crippen LogP contribution in [0.3, 0.4) is 0 Å². The van der Waals surface area contributed by atoms with Crippen molar-refractivity contribution in [3.05, 3.63) is 34.5 Å². The van der Waals surface area contributed by atoms with Crippen LogP contribution in [0.1, 0.15) is 17.5 Å². The van der Waals surface area contributed by atoms with E-state index >= 15 is 0 Å². The van der Waals surface area contributed by atoms with Gasteiger partial charge in [-0.3, -0.25) is 9.59 Å². The van der Waals surface area contributed by atoms with E-state index in [1.54, 1.807) is 6.07 Å². The summed E-state index contributed by atoms with van der Waals surface area (Å²) in [5.41, 5.74) is 0.596. The second-order valence-corrected chi connectivity index (χ2v) is 5.07. The van der Waals surface area contributed by atoms with Crippen molar-refractivity contribution in [3.63, 3.8) is 0 Å². The first-order valence-electron chi connectivity index (χ1n) is 5.68. The minimum Gasteiger partial charge on any atom is -0.481 e. The van der Waals surface area contributed by atoms with Crippen LogP contribution < -0.4 is 5.32 Å². The molecule has 1 aromatic carbocycles. The minimum absolute atomic E-state index is 0.0619. The molecule has 5 nitrogen and oxygen atoms in total. The number of carbonyl (C=O) groups is 2. The number of benzene rings is 1. The number of carboxylic acid groups (broad SMARTS) is 1. The fourth-order valence-electron chi connectivity index (χ4n) is 1.56. The number of amides is 1. The quantitative estimate of drug-likeness (QED) is 0.905. The van der Waals surface area contributed by atoms with Gasteiger partial charge >= 0.3 is 5.97 Å². The summed E-state index contributed by atoms with van der Waals surface area (Å²) in [5, 5.41) is 12.1. The zero-order valence-electron chi connectivity index (χ0n) is 10.1. The van der Waals surface area contributed by atoms with E-state index in [9.17, 15) is 9.59 Å². The van der Waals surface area contributed by atoms with Gasteiger partial charge in [-0.15, -0.1) is 0 Å². The number of furan rings is 1. The minimum atomic E-state index is -0.951. The molecule has 0 saturated heterocycles. The monoisotopic (exact) mass is 325 g/mol. The van der Waals surface area contributed by atoms with Gasteiger partial charge in [0.2, 0.25) is 0 Å². The van der Waals surface area contributed by atoms with E-state index in [0.717, 1.165) is 9.86 Å². The van der Waals surface area contributed by atoms with E-state index in [0.29, 0.717) is 5.58 Å². The summed E-state index contributed by atoms with van der Waals surface area (Å²) in [6, 6.07) is 7.12. The standard InChI is InChI=1S/C13H12BrNO4/c1-7(13(17)18)6-15-12(16)10-5-8-3-2-4-9(14)11(8)19-10/h2-5,7H,6H2,1H3,(H,15,16)(H,17,18). The first-order chi connectivity index (χ1) is 8.99. The number of aliphatic carboxylic acids is 1. The van der Waals surface area contributed by atoms with Crippen molar-refractivity contribution in [2.24, 2.45) is 5.92 Å². The predicted molar refractivity (Wildman–Crippen MR) is 73.0 cm³/mol. The van der Waals surface area contributed by atoms with Crippen LogP contribution in [0.2, 0.25) is 0 Å². The van der Waals surface area contributed by atoms with Crippen molar-refractivity contribution in [1.82, 2.24) is 5.32 Å². The highest BCUT2D eigenvalue weighted by Gasteiger charge is 2.16. The van der Waals surface area contributed by atoms with Crippen LogP contribution in [0.15, 0.2) is 33.2 Å². The van der Waals surface area contributed by atoms with Gasteiger partial charge in [0.15, 0.2) is 5.76 Å². The molecule has 0 spiro atoms. The van der Waals surface area contributed by atoms with Gasteiger partial charge in [-0.1, -0.05) is 19.1 Å². The Morgan fingerprint density at radius 2 is 2.21 bits per heavy atom. The Hall–Kier alpha value is -1.82. The maximum Gasteiger partial charge on any atom is 0.308 e. The van der Waals surface area contributed by atoms with Crippen LogP contribution in [0.25, 0.3) is 11.0 Å². The number of nitrogens with one attached hydrogen (secondary N) is 1. The molecule has 1 atom stereocenters. The van der Waals surface area contributed by atoms with E-state index in [1.165, 1.54) is 6.92 Å². The molecular weight excluding hydrogens is 314 g/mol. The first kappa shape index (κ1) is 13.6. The molecule has 0 bridgehead atoms. The van der Waals surface area contributed by atoms with Gasteiger partial charge in [-0.2, -0.15) is 0 Å². The van der Waals surface area contributed by atoms with E-state index in [2.05, 4.69) is 21.2 Å². The zero-order valence-corrected chi connectivity index (χ0v) is 11.7. The third-order valence-corrected chi connectivity index (χ3v) is 3.33. The molecule has 1 amide bonds. The fraction of sp³-hybridized carbons (Fsp3) is 0.231. The number of fused-ring (bicyclic) bond motifs is 1. The van der Waals surface area contributed by atoms with Gasteiger partial charge in [0.05, 0.1) is 10.4 Å². The summed E-state index contributed by atoms with van der Waals surface area (Å²) in [6.45, 7) is 1.59. The third-order valence-electron chi connectivity index (χ3n) is 2.71. The van der Waals surface area contributed by atoms with Crippen LogP contribution in [-0.2, 0) is 4.79 Å². The lowest BCUT2D eigenvalue weighted by atomic mass is 10.2. The molecule has 100 valence electrons. The molecule has 0 aliphatic rings. The van der Waals surface area contributed by atoms with Crippen molar-refractivity contribution in [2.75, 3.05) is 6.54 Å². The SMILES string of the molecule is CC(CNC(=O)c1cc2cccc(Br)c2o1)C(=O)O. The number of carbonyl (C=O) groups excluding carboxylic acids is 1. The van der Waals surface area contributed by atoms with Gasteiger partial charge in [0.25, 0.3) is 5.91 Å². The maximum atomic E-state index is 11.8. The molecule has 0 aliphatic carbocycles. The Labute approximate surface area is 117 Å². The second kappa shape index (κ2) is 5.44. The number of para-hydroxylation sites is 1. The van der Waals surface area contributed by atoms with Crippen molar-refractivity contribution >= 4 is 38.8 Å². The lowest BCUT2D eigenvalue weighted by Gasteiger charge is -2.06. The number of carboxylic acids is 1. The molecule has 0 radical (unpaired) electrons. The largest absolute Gasteiger partial charge is 0.481 e. The van der Waals surface area contributed by atoms with Crippen molar-refractivity contribution in [3.8, 4) is 0 Å². The summed E-state index contributed by atoms with van der Waals surface area (Å²) in [5.74, 6) is -1.84. The molecule has 1 unspecified atom stereocenters. The predicted octanol–water partition coefficient (Wildman–Crippen LogP) is 2.65. The summed E-state index contributed by atoms with van der Waals surface area (Å²) in [6.07, 6.45) is 0. The number of halogens is 1. The van der Waals surface area contributed by atoms with Crippen LogP contribution >= 0.6 is 15.9 Å². The Balaban J connectivity index is 2.14. The number of hydrogen-bond donors (Lipinski definition) is 2. The maximum absolute atomic E-state index is 11.8. The second-order valence-electron chi connectivity index (χ2n) is 4.22. The first-order valence-corrected chi connectivity index (χ1v) is 6.47. The van der Waals surface area contributed by atoms with E-state index in [1.807, 2.05) is 18.2 Å². The van der Waals surface area contributed by atoms with Crippen LogP contribution in [-0.4, -0.2) is 23.5 Å². The highest BCUT2D eigenvalue weighted by atomic mass is 79.9. The van der Waals surface area contributed by atoms with E-state index < -0.39 is 17.8 Å². The molecule has 2 N–H and O–H groups in total. The van der Waals surface area contributed by atoms with Crippen molar-refractivity contribution < 1.29 is 19.1 Å². The molecule has 2 aromatic rings. The Morgan fingerprint density at radius 3 is 2.84 bits per heavy atom. The normalized spacial score (nSPS) is 12.3. The zero-order chi connectivity index (χ0) is 14.0. The topological polar surface area (TPSA) is 79.5 Å². The van der Waals surface area contributed by atoms with Gasteiger partial charge < -0.3 is 14.8 Å². The Bertz CT molecular complexity index is 635. The molecule has 0 saturated carbocycles. The fourth-order valence-corrected chi connectivity index (χ4v) is 2.02. The Kier molecular flexibility index (Phi) is 3.90. The molecule has 1 aromatic heterocycles. The van der Waals surface area contributed by atoms with Gasteiger partial charge in [-0.05, 0) is 28.1 Å². The summed E-state index contributed by atoms with van der Waals surface area (Å²) in [4.78, 5) is 22.5. The van der Waals surface area contributed by atoms with Crippen LogP contribution in [0, 0.1) is 5.92 Å². The van der Waals surface area contributed by atoms with Crippen LogP contribution in [0.4, 0.5) is 0 Å². The smallest absolute Gasteiger partial charge is 0.308 e. The van der Waals surface area contributed by atoms with Crippen molar-refractivity contribution in [2.45, 2.75) is 6.92 Å². The van der Waals surface area contributed by atoms with Crippen molar-refractivity contribution in [1.29, 1.82) is 0 Å². The lowest BCUT2D eigenvalue weighted by Crippen LogP contribution is -2.31. The van der Waals surface area contributed by atoms with Gasteiger partial charge in [-0.25, -0.2) is 0 Å². The van der Waals surface area contributed by atoms with Gasteiger partial charge in [0, 0.05) is 11.9 Å². The van der Waals surface area contributed by atoms with E-state index in [4.69, 9.17) is 9.52 Å². The lowest BCUT2D eigenvalue weighted by molar-refractivity contribution is -0.140. The average Bonchev–Trinajstić information content (AvgIpc) is 2.80. The van der Waals surface area contributed by atoms with E-state index in [-0.39, 0.29) is 12.3 Å². The summed E-state index contributed by atoms with van der Waals surface area (Å²) < 4.78 is 6.21. The molecule has 19 heavy (non-hydrogen) atoms. The average molecular weight is 326 g/mol. The highest BCUT2D eigenvalue weighted by Crippen LogP contribution is 2.26. The molecule has 0 fully saturated rings. The van der Waals surface area contributed by atoms with Gasteiger partial charge in [0.1, 0.15) is 5.58 Å². The highest BCUT2D eigenvalue weighted by molar-refractivity contribution is 9.10. The number of rotatable bonds is 4. The third kappa shape index (κ3) is 2.96. The summed E-state index contributed by atoms with van der Waals surface area (Å²) in [7, 11) is 0. The molecule has 1 heterocycles. The molecule has 6 heteroatoms. The molecule has 2 rings (SSSR count).